The van der Waals surface area contributed by atoms with E-state index in [2.05, 4.69) is 20.6 Å². The lowest BCUT2D eigenvalue weighted by molar-refractivity contribution is -0.105. The Labute approximate surface area is 201 Å². The van der Waals surface area contributed by atoms with E-state index in [9.17, 15) is 9.59 Å². The zero-order valence-electron chi connectivity index (χ0n) is 18.6. The predicted molar refractivity (Wildman–Crippen MR) is 132 cm³/mol. The number of aromatic nitrogens is 2. The maximum Gasteiger partial charge on any atom is 0.211 e. The number of ether oxygens (including phenoxy) is 2. The molecule has 0 spiro atoms. The fraction of sp³-hybridized carbons (Fsp3) is 0.160. The number of nitrogens with zero attached hydrogens (tertiary/aromatic N) is 1. The Morgan fingerprint density at radius 2 is 1.97 bits per heavy atom. The topological polar surface area (TPSA) is 105 Å². The molecule has 0 radical (unpaired) electrons. The highest BCUT2D eigenvalue weighted by atomic mass is 35.5. The first-order chi connectivity index (χ1) is 16.5. The molecule has 4 rings (SSSR count). The first-order valence-corrected chi connectivity index (χ1v) is 10.9. The van der Waals surface area contributed by atoms with Crippen molar-refractivity contribution in [2.24, 2.45) is 0 Å². The molecule has 0 saturated carbocycles. The number of hydrogen-bond donors (Lipinski definition) is 3. The fourth-order valence-electron chi connectivity index (χ4n) is 3.65. The summed E-state index contributed by atoms with van der Waals surface area (Å²) in [5.74, 6) is 0.882. The van der Waals surface area contributed by atoms with E-state index in [1.165, 1.54) is 6.20 Å². The van der Waals surface area contributed by atoms with Crippen molar-refractivity contribution < 1.29 is 19.1 Å². The molecule has 0 fully saturated rings. The van der Waals surface area contributed by atoms with E-state index in [0.29, 0.717) is 58.1 Å². The Kier molecular flexibility index (Phi) is 7.10. The maximum atomic E-state index is 13.5. The van der Waals surface area contributed by atoms with Crippen molar-refractivity contribution in [2.75, 3.05) is 24.4 Å². The van der Waals surface area contributed by atoms with Gasteiger partial charge < -0.3 is 25.1 Å². The van der Waals surface area contributed by atoms with Gasteiger partial charge in [0.2, 0.25) is 6.41 Å². The average molecular weight is 479 g/mol. The van der Waals surface area contributed by atoms with Gasteiger partial charge in [0.1, 0.15) is 17.1 Å². The van der Waals surface area contributed by atoms with Crippen LogP contribution in [0.3, 0.4) is 0 Å². The van der Waals surface area contributed by atoms with E-state index < -0.39 is 0 Å². The summed E-state index contributed by atoms with van der Waals surface area (Å²) >= 11 is 6.49. The van der Waals surface area contributed by atoms with Crippen molar-refractivity contribution in [3.05, 3.63) is 77.1 Å². The zero-order valence-corrected chi connectivity index (χ0v) is 19.3. The van der Waals surface area contributed by atoms with E-state index in [1.807, 2.05) is 37.3 Å². The summed E-state index contributed by atoms with van der Waals surface area (Å²) in [5, 5.41) is 6.75. The van der Waals surface area contributed by atoms with Gasteiger partial charge in [-0.05, 0) is 31.2 Å². The van der Waals surface area contributed by atoms with Crippen molar-refractivity contribution in [3.63, 3.8) is 0 Å². The van der Waals surface area contributed by atoms with Gasteiger partial charge in [-0.1, -0.05) is 29.8 Å². The van der Waals surface area contributed by atoms with Gasteiger partial charge in [-0.2, -0.15) is 0 Å². The van der Waals surface area contributed by atoms with Crippen LogP contribution >= 0.6 is 11.6 Å². The fourth-order valence-corrected chi connectivity index (χ4v) is 3.91. The third-order valence-corrected chi connectivity index (χ3v) is 5.44. The summed E-state index contributed by atoms with van der Waals surface area (Å²) in [6.07, 6.45) is 3.67. The van der Waals surface area contributed by atoms with Crippen LogP contribution in [0.4, 0.5) is 11.4 Å². The van der Waals surface area contributed by atoms with Crippen molar-refractivity contribution in [1.82, 2.24) is 9.97 Å². The molecule has 0 aliphatic heterocycles. The van der Waals surface area contributed by atoms with Crippen LogP contribution in [0.1, 0.15) is 22.8 Å². The monoisotopic (exact) mass is 478 g/mol. The van der Waals surface area contributed by atoms with E-state index >= 15 is 0 Å². The number of rotatable bonds is 10. The molecule has 3 N–H and O–H groups in total. The molecule has 1 unspecified atom stereocenters. The molecule has 0 aliphatic carbocycles. The van der Waals surface area contributed by atoms with Gasteiger partial charge in [-0.15, -0.1) is 0 Å². The second-order valence-electron chi connectivity index (χ2n) is 7.62. The molecule has 8 nitrogen and oxygen atoms in total. The Morgan fingerprint density at radius 3 is 2.68 bits per heavy atom. The number of benzene rings is 2. The van der Waals surface area contributed by atoms with Crippen molar-refractivity contribution in [2.45, 2.75) is 13.0 Å². The lowest BCUT2D eigenvalue weighted by Gasteiger charge is -2.18. The highest BCUT2D eigenvalue weighted by Gasteiger charge is 2.23. The number of carbonyl (C=O) groups is 2. The van der Waals surface area contributed by atoms with E-state index in [1.54, 1.807) is 31.5 Å². The number of aromatic amines is 1. The summed E-state index contributed by atoms with van der Waals surface area (Å²) in [6.45, 7) is 2.35. The molecule has 1 atom stereocenters. The molecule has 0 bridgehead atoms. The second kappa shape index (κ2) is 10.4. The summed E-state index contributed by atoms with van der Waals surface area (Å²) < 4.78 is 11.0. The summed E-state index contributed by atoms with van der Waals surface area (Å²) in [5.41, 5.74) is 2.17. The SMILES string of the molecule is COCC(C)Nc1c(NC=O)cnc2[nH]cc(C(=O)c3ccc(Oc4ccccc4)cc3Cl)c12. The standard InChI is InChI=1S/C25H23ClN4O4/c1-15(13-33-2)30-23-21(29-14-31)12-28-25-22(23)19(11-27-25)24(32)18-9-8-17(10-20(18)26)34-16-6-4-3-5-7-16/h3-12,14-15H,13H2,1-2H3,(H,29,31)(H2,27,28,30). The van der Waals surface area contributed by atoms with Crippen molar-refractivity contribution in [3.8, 4) is 11.5 Å². The highest BCUT2D eigenvalue weighted by molar-refractivity contribution is 6.36. The zero-order chi connectivity index (χ0) is 24.1. The Hall–Kier alpha value is -3.88. The van der Waals surface area contributed by atoms with Crippen LogP contribution in [-0.2, 0) is 9.53 Å². The van der Waals surface area contributed by atoms with Crippen LogP contribution in [0.25, 0.3) is 11.0 Å². The predicted octanol–water partition coefficient (Wildman–Crippen LogP) is 5.25. The molecular formula is C25H23ClN4O4. The summed E-state index contributed by atoms with van der Waals surface area (Å²) in [7, 11) is 1.60. The minimum Gasteiger partial charge on any atom is -0.457 e. The van der Waals surface area contributed by atoms with Gasteiger partial charge in [-0.25, -0.2) is 4.98 Å². The van der Waals surface area contributed by atoms with Gasteiger partial charge in [0.05, 0.1) is 40.2 Å². The first kappa shape index (κ1) is 23.3. The van der Waals surface area contributed by atoms with Gasteiger partial charge in [0.25, 0.3) is 0 Å². The van der Waals surface area contributed by atoms with E-state index in [0.717, 1.165) is 0 Å². The Morgan fingerprint density at radius 1 is 1.18 bits per heavy atom. The highest BCUT2D eigenvalue weighted by Crippen LogP contribution is 2.35. The number of halogens is 1. The lowest BCUT2D eigenvalue weighted by atomic mass is 10.0. The number of carbonyl (C=O) groups excluding carboxylic acids is 2. The smallest absolute Gasteiger partial charge is 0.211 e. The van der Waals surface area contributed by atoms with Crippen LogP contribution in [0.2, 0.25) is 5.02 Å². The van der Waals surface area contributed by atoms with Gasteiger partial charge in [0.15, 0.2) is 5.78 Å². The maximum absolute atomic E-state index is 13.5. The average Bonchev–Trinajstić information content (AvgIpc) is 3.26. The molecule has 0 saturated heterocycles. The second-order valence-corrected chi connectivity index (χ2v) is 8.03. The normalized spacial score (nSPS) is 11.7. The number of anilines is 2. The number of pyridine rings is 1. The number of amides is 1. The van der Waals surface area contributed by atoms with Crippen LogP contribution in [0.5, 0.6) is 11.5 Å². The van der Waals surface area contributed by atoms with Crippen molar-refractivity contribution >= 4 is 46.2 Å². The molecular weight excluding hydrogens is 456 g/mol. The number of H-pyrrole nitrogens is 1. The van der Waals surface area contributed by atoms with Gasteiger partial charge >= 0.3 is 0 Å². The quantitative estimate of drug-likeness (QED) is 0.212. The Bertz CT molecular complexity index is 1320. The molecule has 34 heavy (non-hydrogen) atoms. The van der Waals surface area contributed by atoms with Crippen molar-refractivity contribution in [1.29, 1.82) is 0 Å². The molecule has 4 aromatic rings. The molecule has 1 amide bonds. The minimum absolute atomic E-state index is 0.0985. The molecule has 0 aliphatic rings. The van der Waals surface area contributed by atoms with Gasteiger partial charge in [-0.3, -0.25) is 9.59 Å². The third kappa shape index (κ3) is 4.88. The number of fused-ring (bicyclic) bond motifs is 1. The summed E-state index contributed by atoms with van der Waals surface area (Å²) in [6, 6.07) is 14.1. The molecule has 2 heterocycles. The number of hydrogen-bond acceptors (Lipinski definition) is 6. The summed E-state index contributed by atoms with van der Waals surface area (Å²) in [4.78, 5) is 32.1. The van der Waals surface area contributed by atoms with Crippen LogP contribution in [0, 0.1) is 0 Å². The first-order valence-electron chi connectivity index (χ1n) is 10.5. The lowest BCUT2D eigenvalue weighted by Crippen LogP contribution is -2.22. The van der Waals surface area contributed by atoms with Crippen LogP contribution in [-0.4, -0.2) is 41.9 Å². The number of nitrogens with one attached hydrogen (secondary N) is 3. The molecule has 174 valence electrons. The number of para-hydroxylation sites is 1. The number of ketones is 1. The minimum atomic E-state index is -0.296. The third-order valence-electron chi connectivity index (χ3n) is 5.13. The van der Waals surface area contributed by atoms with E-state index in [-0.39, 0.29) is 16.8 Å². The van der Waals surface area contributed by atoms with Crippen LogP contribution < -0.4 is 15.4 Å². The number of methoxy groups -OCH3 is 1. The van der Waals surface area contributed by atoms with Crippen LogP contribution in [0.15, 0.2) is 60.9 Å². The Balaban J connectivity index is 1.72. The molecule has 2 aromatic carbocycles. The molecule has 2 aromatic heterocycles. The van der Waals surface area contributed by atoms with E-state index in [4.69, 9.17) is 21.1 Å². The largest absolute Gasteiger partial charge is 0.457 e. The van der Waals surface area contributed by atoms with Gasteiger partial charge in [0, 0.05) is 31.0 Å². The molecule has 9 heteroatoms.